The summed E-state index contributed by atoms with van der Waals surface area (Å²) >= 11 is 0. The predicted molar refractivity (Wildman–Crippen MR) is 93.5 cm³/mol. The van der Waals surface area contributed by atoms with Gasteiger partial charge in [0.25, 0.3) is 0 Å². The van der Waals surface area contributed by atoms with E-state index in [1.807, 2.05) is 38.4 Å². The highest BCUT2D eigenvalue weighted by atomic mass is 16.5. The molecule has 3 heteroatoms. The minimum Gasteiger partial charge on any atom is -0.497 e. The molecular weight excluding hydrogens is 274 g/mol. The van der Waals surface area contributed by atoms with Crippen LogP contribution in [-0.2, 0) is 6.42 Å². The first-order valence-corrected chi connectivity index (χ1v) is 7.37. The summed E-state index contributed by atoms with van der Waals surface area (Å²) in [5.41, 5.74) is 4.56. The number of hydrogen-bond donors (Lipinski definition) is 1. The van der Waals surface area contributed by atoms with Crippen molar-refractivity contribution < 1.29 is 9.84 Å². The lowest BCUT2D eigenvalue weighted by Crippen LogP contribution is -2.12. The fourth-order valence-corrected chi connectivity index (χ4v) is 2.37. The second-order valence-corrected chi connectivity index (χ2v) is 5.36. The molecular formula is C19H23NO2. The number of ether oxygens (including phenoxy) is 1. The Morgan fingerprint density at radius 3 is 2.23 bits per heavy atom. The molecule has 3 nitrogen and oxygen atoms in total. The number of hydrogen-bond acceptors (Lipinski definition) is 3. The van der Waals surface area contributed by atoms with E-state index in [1.165, 1.54) is 0 Å². The number of anilines is 1. The van der Waals surface area contributed by atoms with Crippen molar-refractivity contribution in [2.24, 2.45) is 0 Å². The number of aliphatic hydroxyl groups excluding tert-OH is 1. The lowest BCUT2D eigenvalue weighted by Gasteiger charge is -2.17. The normalized spacial score (nSPS) is 10.9. The average molecular weight is 297 g/mol. The maximum atomic E-state index is 9.23. The Hall–Kier alpha value is -2.26. The minimum atomic E-state index is 0.159. The Morgan fingerprint density at radius 1 is 1.00 bits per heavy atom. The zero-order valence-electron chi connectivity index (χ0n) is 13.4. The third-order valence-electron chi connectivity index (χ3n) is 3.55. The Bertz CT molecular complexity index is 630. The smallest absolute Gasteiger partial charge is 0.118 e. The molecule has 0 atom stereocenters. The molecule has 0 fully saturated rings. The van der Waals surface area contributed by atoms with Gasteiger partial charge in [-0.15, -0.1) is 0 Å². The average Bonchev–Trinajstić information content (AvgIpc) is 2.53. The number of rotatable bonds is 6. The second kappa shape index (κ2) is 7.66. The van der Waals surface area contributed by atoms with E-state index in [4.69, 9.17) is 4.74 Å². The zero-order valence-corrected chi connectivity index (χ0v) is 13.4. The molecule has 0 heterocycles. The van der Waals surface area contributed by atoms with Gasteiger partial charge in [0, 0.05) is 26.4 Å². The second-order valence-electron chi connectivity index (χ2n) is 5.36. The van der Waals surface area contributed by atoms with Gasteiger partial charge in [0.15, 0.2) is 0 Å². The molecule has 0 aliphatic heterocycles. The molecule has 0 aliphatic rings. The molecule has 116 valence electrons. The van der Waals surface area contributed by atoms with E-state index in [9.17, 15) is 5.11 Å². The van der Waals surface area contributed by atoms with Gasteiger partial charge in [-0.05, 0) is 47.4 Å². The summed E-state index contributed by atoms with van der Waals surface area (Å²) in [5, 5.41) is 9.23. The van der Waals surface area contributed by atoms with Gasteiger partial charge in [0.1, 0.15) is 5.75 Å². The highest BCUT2D eigenvalue weighted by Gasteiger charge is 2.04. The number of benzene rings is 2. The molecule has 0 saturated carbocycles. The van der Waals surface area contributed by atoms with Gasteiger partial charge in [-0.2, -0.15) is 0 Å². The summed E-state index contributed by atoms with van der Waals surface area (Å²) in [7, 11) is 5.70. The van der Waals surface area contributed by atoms with Crippen LogP contribution in [0.5, 0.6) is 5.75 Å². The van der Waals surface area contributed by atoms with E-state index in [1.54, 1.807) is 7.11 Å². The monoisotopic (exact) mass is 297 g/mol. The topological polar surface area (TPSA) is 32.7 Å². The van der Waals surface area contributed by atoms with Crippen LogP contribution < -0.4 is 9.64 Å². The Balaban J connectivity index is 2.20. The molecule has 0 saturated heterocycles. The highest BCUT2D eigenvalue weighted by Crippen LogP contribution is 2.22. The van der Waals surface area contributed by atoms with Crippen LogP contribution >= 0.6 is 0 Å². The van der Waals surface area contributed by atoms with Gasteiger partial charge in [-0.25, -0.2) is 0 Å². The Kier molecular flexibility index (Phi) is 5.61. The third kappa shape index (κ3) is 4.12. The van der Waals surface area contributed by atoms with Crippen LogP contribution in [0.4, 0.5) is 5.69 Å². The van der Waals surface area contributed by atoms with Crippen LogP contribution in [0.1, 0.15) is 16.7 Å². The van der Waals surface area contributed by atoms with E-state index >= 15 is 0 Å². The predicted octanol–water partition coefficient (Wildman–Crippen LogP) is 3.47. The van der Waals surface area contributed by atoms with Crippen molar-refractivity contribution in [1.29, 1.82) is 0 Å². The fourth-order valence-electron chi connectivity index (χ4n) is 2.37. The molecule has 0 aromatic heterocycles. The summed E-state index contributed by atoms with van der Waals surface area (Å²) in [4.78, 5) is 2.07. The molecule has 0 aliphatic carbocycles. The molecule has 0 amide bonds. The SMILES string of the molecule is COc1ccc(/C=C/c2ccc(N(C)C)c(CCO)c2)cc1. The number of nitrogens with zero attached hydrogens (tertiary/aromatic N) is 1. The molecule has 0 unspecified atom stereocenters. The molecule has 2 aromatic carbocycles. The summed E-state index contributed by atoms with van der Waals surface area (Å²) in [6.45, 7) is 0.159. The van der Waals surface area contributed by atoms with Crippen LogP contribution in [-0.4, -0.2) is 32.9 Å². The lowest BCUT2D eigenvalue weighted by atomic mass is 10.0. The van der Waals surface area contributed by atoms with Crippen molar-refractivity contribution in [3.8, 4) is 5.75 Å². The van der Waals surface area contributed by atoms with Gasteiger partial charge in [-0.1, -0.05) is 30.4 Å². The van der Waals surface area contributed by atoms with E-state index < -0.39 is 0 Å². The van der Waals surface area contributed by atoms with Crippen LogP contribution in [0, 0.1) is 0 Å². The van der Waals surface area contributed by atoms with Crippen molar-refractivity contribution in [3.63, 3.8) is 0 Å². The van der Waals surface area contributed by atoms with Crippen molar-refractivity contribution in [2.45, 2.75) is 6.42 Å². The van der Waals surface area contributed by atoms with Crippen molar-refractivity contribution in [2.75, 3.05) is 32.7 Å². The van der Waals surface area contributed by atoms with Crippen molar-refractivity contribution >= 4 is 17.8 Å². The largest absolute Gasteiger partial charge is 0.497 e. The molecule has 22 heavy (non-hydrogen) atoms. The molecule has 0 bridgehead atoms. The summed E-state index contributed by atoms with van der Waals surface area (Å²) in [6, 6.07) is 14.3. The van der Waals surface area contributed by atoms with Crippen molar-refractivity contribution in [1.82, 2.24) is 0 Å². The summed E-state index contributed by atoms with van der Waals surface area (Å²) in [6.07, 6.45) is 4.83. The van der Waals surface area contributed by atoms with Gasteiger partial charge in [0.05, 0.1) is 7.11 Å². The van der Waals surface area contributed by atoms with Gasteiger partial charge in [0.2, 0.25) is 0 Å². The van der Waals surface area contributed by atoms with E-state index in [2.05, 4.69) is 35.3 Å². The fraction of sp³-hybridized carbons (Fsp3) is 0.263. The molecule has 2 aromatic rings. The lowest BCUT2D eigenvalue weighted by molar-refractivity contribution is 0.299. The van der Waals surface area contributed by atoms with E-state index in [-0.39, 0.29) is 6.61 Å². The first-order chi connectivity index (χ1) is 10.6. The van der Waals surface area contributed by atoms with Crippen LogP contribution in [0.15, 0.2) is 42.5 Å². The Labute approximate surface area is 132 Å². The first kappa shape index (κ1) is 16.1. The first-order valence-electron chi connectivity index (χ1n) is 7.37. The third-order valence-corrected chi connectivity index (χ3v) is 3.55. The van der Waals surface area contributed by atoms with E-state index in [0.717, 1.165) is 28.1 Å². The number of methoxy groups -OCH3 is 1. The van der Waals surface area contributed by atoms with Gasteiger partial charge >= 0.3 is 0 Å². The standard InChI is InChI=1S/C19H23NO2/c1-20(2)19-11-8-16(14-17(19)12-13-21)5-4-15-6-9-18(22-3)10-7-15/h4-11,14,21H,12-13H2,1-3H3/b5-4+. The highest BCUT2D eigenvalue weighted by molar-refractivity contribution is 5.71. The number of aliphatic hydroxyl groups is 1. The molecule has 0 spiro atoms. The summed E-state index contributed by atoms with van der Waals surface area (Å²) < 4.78 is 5.16. The minimum absolute atomic E-state index is 0.159. The zero-order chi connectivity index (χ0) is 15.9. The van der Waals surface area contributed by atoms with Crippen LogP contribution in [0.3, 0.4) is 0 Å². The Morgan fingerprint density at radius 2 is 1.64 bits per heavy atom. The summed E-state index contributed by atoms with van der Waals surface area (Å²) in [5.74, 6) is 0.859. The van der Waals surface area contributed by atoms with Gasteiger partial charge in [-0.3, -0.25) is 0 Å². The van der Waals surface area contributed by atoms with Crippen LogP contribution in [0.25, 0.3) is 12.2 Å². The molecule has 1 N–H and O–H groups in total. The van der Waals surface area contributed by atoms with Crippen LogP contribution in [0.2, 0.25) is 0 Å². The quantitative estimate of drug-likeness (QED) is 0.829. The maximum Gasteiger partial charge on any atom is 0.118 e. The van der Waals surface area contributed by atoms with Gasteiger partial charge < -0.3 is 14.7 Å². The molecule has 0 radical (unpaired) electrons. The van der Waals surface area contributed by atoms with E-state index in [0.29, 0.717) is 6.42 Å². The molecule has 2 rings (SSSR count). The van der Waals surface area contributed by atoms with Crippen molar-refractivity contribution in [3.05, 3.63) is 59.2 Å². The maximum absolute atomic E-state index is 9.23.